The van der Waals surface area contributed by atoms with Gasteiger partial charge in [-0.25, -0.2) is 4.79 Å². The summed E-state index contributed by atoms with van der Waals surface area (Å²) in [5, 5.41) is 5.58. The van der Waals surface area contributed by atoms with E-state index in [2.05, 4.69) is 27.5 Å². The Morgan fingerprint density at radius 1 is 1.05 bits per heavy atom. The van der Waals surface area contributed by atoms with Crippen LogP contribution in [0.25, 0.3) is 0 Å². The van der Waals surface area contributed by atoms with E-state index in [9.17, 15) is 9.59 Å². The highest BCUT2D eigenvalue weighted by molar-refractivity contribution is 7.80. The van der Waals surface area contributed by atoms with Crippen molar-refractivity contribution in [3.63, 3.8) is 0 Å². The van der Waals surface area contributed by atoms with E-state index in [1.165, 1.54) is 4.88 Å². The molecule has 7 nitrogen and oxygen atoms in total. The number of halogens is 1. The van der Waals surface area contributed by atoms with Crippen LogP contribution in [0.3, 0.4) is 0 Å². The van der Waals surface area contributed by atoms with Gasteiger partial charge in [-0.2, -0.15) is 0 Å². The lowest BCUT2D eigenvalue weighted by Gasteiger charge is -2.32. The monoisotopic (exact) mass is 573 g/mol. The van der Waals surface area contributed by atoms with Gasteiger partial charge < -0.3 is 24.9 Å². The quantitative estimate of drug-likeness (QED) is 0.520. The molecule has 0 radical (unpaired) electrons. The third-order valence-electron chi connectivity index (χ3n) is 7.85. The van der Waals surface area contributed by atoms with Crippen molar-refractivity contribution in [2.75, 3.05) is 51.2 Å². The second-order valence-electron chi connectivity index (χ2n) is 10.4. The number of hydrogen-bond acceptors (Lipinski definition) is 5. The number of rotatable bonds is 4. The van der Waals surface area contributed by atoms with E-state index in [1.54, 1.807) is 17.4 Å². The summed E-state index contributed by atoms with van der Waals surface area (Å²) in [5.41, 5.74) is 2.38. The maximum absolute atomic E-state index is 13.4. The smallest absolute Gasteiger partial charge is 0.318 e. The lowest BCUT2D eigenvalue weighted by Crippen LogP contribution is -2.50. The molecule has 0 aliphatic carbocycles. The molecule has 4 heterocycles. The molecule has 204 valence electrons. The predicted octanol–water partition coefficient (Wildman–Crippen LogP) is 5.02. The van der Waals surface area contributed by atoms with Crippen LogP contribution in [-0.4, -0.2) is 84.0 Å². The average Bonchev–Trinajstić information content (AvgIpc) is 3.49. The second kappa shape index (κ2) is 12.3. The van der Waals surface area contributed by atoms with Crippen LogP contribution in [0.4, 0.5) is 10.5 Å². The summed E-state index contributed by atoms with van der Waals surface area (Å²) in [6.07, 6.45) is 6.03. The number of anilines is 1. The molecule has 0 bridgehead atoms. The number of amides is 3. The van der Waals surface area contributed by atoms with Gasteiger partial charge in [0.05, 0.1) is 11.7 Å². The molecule has 3 aliphatic rings. The largest absolute Gasteiger partial charge is 0.363 e. The van der Waals surface area contributed by atoms with Crippen LogP contribution in [0.1, 0.15) is 52.9 Å². The van der Waals surface area contributed by atoms with E-state index < -0.39 is 0 Å². The molecule has 0 unspecified atom stereocenters. The Bertz CT molecular complexity index is 1190. The summed E-state index contributed by atoms with van der Waals surface area (Å²) in [5.74, 6) is -0.0304. The number of nitrogens with one attached hydrogen (secondary N) is 1. The van der Waals surface area contributed by atoms with Crippen LogP contribution in [0.2, 0.25) is 5.02 Å². The van der Waals surface area contributed by atoms with Gasteiger partial charge in [0, 0.05) is 54.7 Å². The highest BCUT2D eigenvalue weighted by Gasteiger charge is 2.34. The summed E-state index contributed by atoms with van der Waals surface area (Å²) >= 11 is 14.2. The SMILES string of the molecule is CN1CCCN(C(=S)[C@@H]2CCCN2C(=O)NCc2ccc(C(=O)N3CCCCc4sccc43)cc2Cl)CC1. The van der Waals surface area contributed by atoms with Crippen LogP contribution in [0.5, 0.6) is 0 Å². The number of hydrogen-bond donors (Lipinski definition) is 1. The molecule has 10 heteroatoms. The number of nitrogens with zero attached hydrogens (tertiary/aromatic N) is 4. The summed E-state index contributed by atoms with van der Waals surface area (Å²) in [6, 6.07) is 7.27. The fraction of sp³-hybridized carbons (Fsp3) is 0.536. The molecule has 1 aromatic heterocycles. The number of thiophene rings is 1. The Morgan fingerprint density at radius 3 is 2.76 bits per heavy atom. The van der Waals surface area contributed by atoms with Gasteiger partial charge in [-0.1, -0.05) is 29.9 Å². The summed E-state index contributed by atoms with van der Waals surface area (Å²) in [4.78, 5) is 37.1. The van der Waals surface area contributed by atoms with E-state index in [1.807, 2.05) is 28.0 Å². The molecule has 1 aromatic carbocycles. The van der Waals surface area contributed by atoms with Crippen molar-refractivity contribution in [3.8, 4) is 0 Å². The zero-order chi connectivity index (χ0) is 26.6. The molecular weight excluding hydrogens is 538 g/mol. The first-order valence-corrected chi connectivity index (χ1v) is 15.3. The van der Waals surface area contributed by atoms with Crippen molar-refractivity contribution in [2.24, 2.45) is 0 Å². The highest BCUT2D eigenvalue weighted by atomic mass is 35.5. The minimum absolute atomic E-state index is 0.0304. The number of fused-ring (bicyclic) bond motifs is 1. The second-order valence-corrected chi connectivity index (χ2v) is 12.3. The molecule has 38 heavy (non-hydrogen) atoms. The lowest BCUT2D eigenvalue weighted by molar-refractivity contribution is 0.0987. The molecule has 0 spiro atoms. The van der Waals surface area contributed by atoms with Crippen LogP contribution in [-0.2, 0) is 13.0 Å². The standard InChI is InChI=1S/C28H36ClN5O2S2/c1-31-11-5-12-32(16-15-31)27(37)24-6-4-14-34(24)28(36)30-19-21-9-8-20(18-22(21)29)26(35)33-13-3-2-7-25-23(33)10-17-38-25/h8-10,17-18,24H,2-7,11-16,19H2,1H3,(H,30,36)/t24-/m0/s1. The Kier molecular flexibility index (Phi) is 8.88. The average molecular weight is 574 g/mol. The van der Waals surface area contributed by atoms with Gasteiger partial charge in [-0.3, -0.25) is 4.79 Å². The number of thiocarbonyl (C=S) groups is 1. The van der Waals surface area contributed by atoms with Gasteiger partial charge in [-0.05, 0) is 81.3 Å². The number of likely N-dealkylation sites (tertiary alicyclic amines) is 1. The highest BCUT2D eigenvalue weighted by Crippen LogP contribution is 2.32. The van der Waals surface area contributed by atoms with Crippen molar-refractivity contribution in [2.45, 2.75) is 51.1 Å². The maximum Gasteiger partial charge on any atom is 0.318 e. The topological polar surface area (TPSA) is 59.1 Å². The van der Waals surface area contributed by atoms with Gasteiger partial charge >= 0.3 is 6.03 Å². The molecule has 2 fully saturated rings. The Hall–Kier alpha value is -2.20. The van der Waals surface area contributed by atoms with E-state index in [4.69, 9.17) is 23.8 Å². The van der Waals surface area contributed by atoms with Gasteiger partial charge in [0.2, 0.25) is 0 Å². The van der Waals surface area contributed by atoms with Gasteiger partial charge in [0.25, 0.3) is 5.91 Å². The van der Waals surface area contributed by atoms with Gasteiger partial charge in [0.1, 0.15) is 4.99 Å². The van der Waals surface area contributed by atoms with Crippen LogP contribution in [0, 0.1) is 0 Å². The Balaban J connectivity index is 1.20. The summed E-state index contributed by atoms with van der Waals surface area (Å²) in [7, 11) is 2.14. The zero-order valence-corrected chi connectivity index (χ0v) is 24.3. The molecule has 1 atom stereocenters. The van der Waals surface area contributed by atoms with Crippen molar-refractivity contribution in [1.82, 2.24) is 20.0 Å². The molecule has 1 N–H and O–H groups in total. The minimum Gasteiger partial charge on any atom is -0.363 e. The number of likely N-dealkylation sites (N-methyl/N-ethyl adjacent to an activating group) is 1. The summed E-state index contributed by atoms with van der Waals surface area (Å²) < 4.78 is 0. The number of benzene rings is 1. The Labute approximate surface area is 239 Å². The third kappa shape index (κ3) is 6.01. The fourth-order valence-electron chi connectivity index (χ4n) is 5.64. The molecule has 2 saturated heterocycles. The van der Waals surface area contributed by atoms with Gasteiger partial charge in [-0.15, -0.1) is 11.3 Å². The van der Waals surface area contributed by atoms with Crippen LogP contribution in [0.15, 0.2) is 29.6 Å². The van der Waals surface area contributed by atoms with Crippen molar-refractivity contribution in [1.29, 1.82) is 0 Å². The Morgan fingerprint density at radius 2 is 1.92 bits per heavy atom. The fourth-order valence-corrected chi connectivity index (χ4v) is 7.24. The van der Waals surface area contributed by atoms with Crippen molar-refractivity contribution in [3.05, 3.63) is 50.7 Å². The predicted molar refractivity (Wildman–Crippen MR) is 159 cm³/mol. The normalized spacial score (nSPS) is 20.6. The summed E-state index contributed by atoms with van der Waals surface area (Å²) in [6.45, 7) is 5.63. The molecular formula is C28H36ClN5O2S2. The lowest BCUT2D eigenvalue weighted by atomic mass is 10.1. The molecule has 0 saturated carbocycles. The molecule has 5 rings (SSSR count). The number of carbonyl (C=O) groups is 2. The van der Waals surface area contributed by atoms with Crippen LogP contribution < -0.4 is 10.2 Å². The first-order chi connectivity index (χ1) is 18.4. The minimum atomic E-state index is -0.118. The first-order valence-electron chi connectivity index (χ1n) is 13.6. The van der Waals surface area contributed by atoms with E-state index in [-0.39, 0.29) is 18.0 Å². The number of aryl methyl sites for hydroxylation is 1. The maximum atomic E-state index is 13.4. The number of carbonyl (C=O) groups excluding carboxylic acids is 2. The van der Waals surface area contributed by atoms with E-state index in [0.29, 0.717) is 30.2 Å². The van der Waals surface area contributed by atoms with Crippen molar-refractivity contribution >= 4 is 57.8 Å². The molecule has 3 amide bonds. The zero-order valence-electron chi connectivity index (χ0n) is 22.0. The number of urea groups is 1. The third-order valence-corrected chi connectivity index (χ3v) is 9.71. The van der Waals surface area contributed by atoms with Gasteiger partial charge in [0.15, 0.2) is 0 Å². The van der Waals surface area contributed by atoms with E-state index >= 15 is 0 Å². The van der Waals surface area contributed by atoms with Crippen molar-refractivity contribution < 1.29 is 9.59 Å². The molecule has 3 aliphatic heterocycles. The first kappa shape index (κ1) is 27.4. The molecule has 2 aromatic rings. The van der Waals surface area contributed by atoms with E-state index in [0.717, 1.165) is 80.9 Å². The van der Waals surface area contributed by atoms with Crippen LogP contribution >= 0.6 is 35.2 Å².